The van der Waals surface area contributed by atoms with Gasteiger partial charge in [0.1, 0.15) is 6.54 Å². The van der Waals surface area contributed by atoms with Crippen molar-refractivity contribution in [1.82, 2.24) is 14.5 Å². The summed E-state index contributed by atoms with van der Waals surface area (Å²) in [6.45, 7) is 1.75. The minimum atomic E-state index is -0.690. The molecule has 0 unspecified atom stereocenters. The van der Waals surface area contributed by atoms with E-state index in [0.29, 0.717) is 5.69 Å². The van der Waals surface area contributed by atoms with Gasteiger partial charge in [0.25, 0.3) is 0 Å². The lowest BCUT2D eigenvalue weighted by Crippen LogP contribution is -2.44. The van der Waals surface area contributed by atoms with Crippen molar-refractivity contribution in [3.8, 4) is 5.69 Å². The number of rotatable bonds is 4. The highest BCUT2D eigenvalue weighted by Gasteiger charge is 2.17. The normalized spacial score (nSPS) is 15.1. The zero-order chi connectivity index (χ0) is 17.8. The average molecular weight is 341 g/mol. The number of nitrogens with zero attached hydrogens (tertiary/aromatic N) is 2. The van der Waals surface area contributed by atoms with Gasteiger partial charge in [-0.25, -0.2) is 0 Å². The van der Waals surface area contributed by atoms with Crippen molar-refractivity contribution in [2.75, 3.05) is 0 Å². The predicted octanol–water partition coefficient (Wildman–Crippen LogP) is 1.76. The number of aryl methyl sites for hydroxylation is 1. The van der Waals surface area contributed by atoms with E-state index >= 15 is 0 Å². The van der Waals surface area contributed by atoms with Crippen molar-refractivity contribution in [1.29, 1.82) is 0 Å². The summed E-state index contributed by atoms with van der Waals surface area (Å²) in [5, 5.41) is 2.96. The summed E-state index contributed by atoms with van der Waals surface area (Å²) in [5.41, 5.74) is 0.229. The van der Waals surface area contributed by atoms with E-state index in [4.69, 9.17) is 0 Å². The first kappa shape index (κ1) is 17.2. The first-order valence-corrected chi connectivity index (χ1v) is 8.74. The van der Waals surface area contributed by atoms with Crippen LogP contribution in [0.3, 0.4) is 0 Å². The molecule has 6 nitrogen and oxygen atoms in total. The summed E-state index contributed by atoms with van der Waals surface area (Å²) in [6, 6.07) is 7.55. The van der Waals surface area contributed by atoms with Gasteiger partial charge < -0.3 is 5.32 Å². The third-order valence-corrected chi connectivity index (χ3v) is 4.72. The minimum Gasteiger partial charge on any atom is -0.352 e. The predicted molar refractivity (Wildman–Crippen MR) is 96.1 cm³/mol. The molecule has 132 valence electrons. The number of benzene rings is 1. The lowest BCUT2D eigenvalue weighted by atomic mass is 9.95. The lowest BCUT2D eigenvalue weighted by molar-refractivity contribution is -0.122. The molecule has 2 aromatic rings. The number of hydrogen-bond acceptors (Lipinski definition) is 3. The molecule has 1 amide bonds. The van der Waals surface area contributed by atoms with Gasteiger partial charge in [0.05, 0.1) is 5.69 Å². The molecular formula is C19H23N3O3. The molecule has 25 heavy (non-hydrogen) atoms. The van der Waals surface area contributed by atoms with Crippen molar-refractivity contribution in [2.24, 2.45) is 0 Å². The van der Waals surface area contributed by atoms with E-state index in [1.54, 1.807) is 12.3 Å². The lowest BCUT2D eigenvalue weighted by Gasteiger charge is -2.22. The maximum atomic E-state index is 12.4. The van der Waals surface area contributed by atoms with Crippen molar-refractivity contribution in [2.45, 2.75) is 51.6 Å². The molecule has 0 saturated heterocycles. The summed E-state index contributed by atoms with van der Waals surface area (Å²) >= 11 is 0. The summed E-state index contributed by atoms with van der Waals surface area (Å²) in [6.07, 6.45) is 8.46. The van der Waals surface area contributed by atoms with Crippen LogP contribution >= 0.6 is 0 Å². The fraction of sp³-hybridized carbons (Fsp3) is 0.421. The van der Waals surface area contributed by atoms with Crippen molar-refractivity contribution < 1.29 is 4.79 Å². The maximum absolute atomic E-state index is 12.4. The Kier molecular flexibility index (Phi) is 5.16. The Labute approximate surface area is 146 Å². The molecule has 1 N–H and O–H groups in total. The van der Waals surface area contributed by atoms with E-state index in [9.17, 15) is 14.4 Å². The van der Waals surface area contributed by atoms with Gasteiger partial charge in [0, 0.05) is 18.4 Å². The summed E-state index contributed by atoms with van der Waals surface area (Å²) in [7, 11) is 0. The van der Waals surface area contributed by atoms with Gasteiger partial charge in [-0.1, -0.05) is 37.5 Å². The van der Waals surface area contributed by atoms with Crippen LogP contribution in [-0.2, 0) is 11.3 Å². The number of carbonyl (C=O) groups is 1. The van der Waals surface area contributed by atoms with Crippen molar-refractivity contribution in [3.63, 3.8) is 0 Å². The van der Waals surface area contributed by atoms with Crippen molar-refractivity contribution >= 4 is 5.91 Å². The van der Waals surface area contributed by atoms with E-state index in [2.05, 4.69) is 5.32 Å². The number of para-hydroxylation sites is 1. The Balaban J connectivity index is 1.79. The molecule has 6 heteroatoms. The molecule has 1 aliphatic rings. The molecule has 3 rings (SSSR count). The molecular weight excluding hydrogens is 318 g/mol. The fourth-order valence-corrected chi connectivity index (χ4v) is 3.33. The van der Waals surface area contributed by atoms with Gasteiger partial charge >= 0.3 is 11.1 Å². The molecule has 1 fully saturated rings. The quantitative estimate of drug-likeness (QED) is 0.861. The second kappa shape index (κ2) is 7.51. The number of nitrogens with one attached hydrogen (secondary N) is 1. The molecule has 0 radical (unpaired) electrons. The standard InChI is InChI=1S/C19H23N3O3/c1-14-7-5-6-10-16(14)22-12-11-21(18(24)19(22)25)13-17(23)20-15-8-3-2-4-9-15/h5-7,10-12,15H,2-4,8-9,13H2,1H3,(H,20,23). The van der Waals surface area contributed by atoms with Crippen LogP contribution in [0.4, 0.5) is 0 Å². The molecule has 0 aliphatic heterocycles. The highest BCUT2D eigenvalue weighted by molar-refractivity contribution is 5.76. The summed E-state index contributed by atoms with van der Waals surface area (Å²) in [4.78, 5) is 36.9. The number of hydrogen-bond donors (Lipinski definition) is 1. The maximum Gasteiger partial charge on any atom is 0.320 e. The highest BCUT2D eigenvalue weighted by atomic mass is 16.2. The van der Waals surface area contributed by atoms with Crippen LogP contribution in [0.25, 0.3) is 5.69 Å². The van der Waals surface area contributed by atoms with Gasteiger partial charge in [-0.05, 0) is 31.4 Å². The van der Waals surface area contributed by atoms with Crippen molar-refractivity contribution in [3.05, 3.63) is 62.9 Å². The van der Waals surface area contributed by atoms with Crippen LogP contribution in [-0.4, -0.2) is 21.1 Å². The van der Waals surface area contributed by atoms with E-state index in [1.807, 2.05) is 25.1 Å². The zero-order valence-corrected chi connectivity index (χ0v) is 14.4. The third kappa shape index (κ3) is 3.90. The third-order valence-electron chi connectivity index (χ3n) is 4.72. The second-order valence-electron chi connectivity index (χ2n) is 6.60. The first-order chi connectivity index (χ1) is 12.1. The van der Waals surface area contributed by atoms with Gasteiger partial charge in [-0.2, -0.15) is 0 Å². The molecule has 1 saturated carbocycles. The van der Waals surface area contributed by atoms with Crippen LogP contribution in [0, 0.1) is 6.92 Å². The number of amides is 1. The van der Waals surface area contributed by atoms with E-state index in [-0.39, 0.29) is 18.5 Å². The Hall–Kier alpha value is -2.63. The van der Waals surface area contributed by atoms with Crippen LogP contribution in [0.5, 0.6) is 0 Å². The molecule has 1 aliphatic carbocycles. The topological polar surface area (TPSA) is 73.1 Å². The largest absolute Gasteiger partial charge is 0.352 e. The van der Waals surface area contributed by atoms with Crippen LogP contribution < -0.4 is 16.4 Å². The monoisotopic (exact) mass is 341 g/mol. The molecule has 0 spiro atoms. The molecule has 1 aromatic carbocycles. The van der Waals surface area contributed by atoms with E-state index < -0.39 is 11.1 Å². The SMILES string of the molecule is Cc1ccccc1-n1ccn(CC(=O)NC2CCCCC2)c(=O)c1=O. The van der Waals surface area contributed by atoms with Crippen LogP contribution in [0.2, 0.25) is 0 Å². The number of carbonyl (C=O) groups excluding carboxylic acids is 1. The Morgan fingerprint density at radius 1 is 1.08 bits per heavy atom. The van der Waals surface area contributed by atoms with Crippen LogP contribution in [0.15, 0.2) is 46.2 Å². The Morgan fingerprint density at radius 3 is 2.52 bits per heavy atom. The molecule has 1 aromatic heterocycles. The molecule has 0 bridgehead atoms. The van der Waals surface area contributed by atoms with Gasteiger partial charge in [0.2, 0.25) is 5.91 Å². The average Bonchev–Trinajstić information content (AvgIpc) is 2.61. The Bertz CT molecular complexity index is 876. The first-order valence-electron chi connectivity index (χ1n) is 8.74. The Morgan fingerprint density at radius 2 is 1.80 bits per heavy atom. The fourth-order valence-electron chi connectivity index (χ4n) is 3.33. The number of aromatic nitrogens is 2. The smallest absolute Gasteiger partial charge is 0.320 e. The van der Waals surface area contributed by atoms with Crippen LogP contribution in [0.1, 0.15) is 37.7 Å². The van der Waals surface area contributed by atoms with E-state index in [1.165, 1.54) is 21.8 Å². The van der Waals surface area contributed by atoms with Gasteiger partial charge in [-0.3, -0.25) is 23.5 Å². The molecule has 0 atom stereocenters. The molecule has 1 heterocycles. The summed E-state index contributed by atoms with van der Waals surface area (Å²) in [5.74, 6) is -0.220. The highest BCUT2D eigenvalue weighted by Crippen LogP contribution is 2.17. The second-order valence-corrected chi connectivity index (χ2v) is 6.60. The van der Waals surface area contributed by atoms with Gasteiger partial charge in [-0.15, -0.1) is 0 Å². The zero-order valence-electron chi connectivity index (χ0n) is 14.4. The summed E-state index contributed by atoms with van der Waals surface area (Å²) < 4.78 is 2.50. The minimum absolute atomic E-state index is 0.126. The van der Waals surface area contributed by atoms with Gasteiger partial charge in [0.15, 0.2) is 0 Å². The van der Waals surface area contributed by atoms with E-state index in [0.717, 1.165) is 31.2 Å².